The summed E-state index contributed by atoms with van der Waals surface area (Å²) in [6.45, 7) is 4.56. The number of benzene rings is 2. The second kappa shape index (κ2) is 7.40. The molecule has 0 amide bonds. The van der Waals surface area contributed by atoms with Gasteiger partial charge in [-0.15, -0.1) is 0 Å². The van der Waals surface area contributed by atoms with Gasteiger partial charge in [-0.1, -0.05) is 30.3 Å². The van der Waals surface area contributed by atoms with E-state index < -0.39 is 6.10 Å². The number of rotatable bonds is 5. The summed E-state index contributed by atoms with van der Waals surface area (Å²) in [7, 11) is 0. The third-order valence-corrected chi connectivity index (χ3v) is 4.96. The molecule has 4 aromatic rings. The van der Waals surface area contributed by atoms with Gasteiger partial charge in [0.25, 0.3) is 5.56 Å². The normalized spacial score (nSPS) is 12.4. The second-order valence-electron chi connectivity index (χ2n) is 7.08. The Kier molecular flexibility index (Phi) is 4.79. The zero-order valence-corrected chi connectivity index (χ0v) is 15.9. The lowest BCUT2D eigenvalue weighted by atomic mass is 10.1. The molecule has 0 aliphatic carbocycles. The zero-order valence-electron chi connectivity index (χ0n) is 15.9. The van der Waals surface area contributed by atoms with Gasteiger partial charge < -0.3 is 9.67 Å². The van der Waals surface area contributed by atoms with E-state index in [2.05, 4.69) is 30.0 Å². The van der Waals surface area contributed by atoms with Crippen molar-refractivity contribution in [1.29, 1.82) is 0 Å². The highest BCUT2D eigenvalue weighted by atomic mass is 16.3. The molecule has 6 heteroatoms. The molecule has 0 aliphatic rings. The van der Waals surface area contributed by atoms with E-state index in [1.54, 1.807) is 12.4 Å². The standard InChI is InChI=1S/C22H22N4O2/c1-15-10-20-21(11-16(15)2)25(14-23-20)12-18(27)13-26-22(28)9-8-19(24-26)17-6-4-3-5-7-17/h3-11,14,18,27H,12-13H2,1-2H3/t18-/m1/s1. The van der Waals surface area contributed by atoms with Gasteiger partial charge in [0.15, 0.2) is 0 Å². The molecule has 2 aromatic heterocycles. The van der Waals surface area contributed by atoms with Crippen LogP contribution < -0.4 is 5.56 Å². The molecule has 1 atom stereocenters. The van der Waals surface area contributed by atoms with Crippen LogP contribution in [0.1, 0.15) is 11.1 Å². The van der Waals surface area contributed by atoms with Crippen molar-refractivity contribution in [2.24, 2.45) is 0 Å². The molecule has 0 aliphatic heterocycles. The van der Waals surface area contributed by atoms with Gasteiger partial charge in [-0.25, -0.2) is 9.67 Å². The average Bonchev–Trinajstić information content (AvgIpc) is 3.06. The number of aromatic nitrogens is 4. The highest BCUT2D eigenvalue weighted by Gasteiger charge is 2.12. The molecule has 0 radical (unpaired) electrons. The fraction of sp³-hybridized carbons (Fsp3) is 0.227. The monoisotopic (exact) mass is 374 g/mol. The Balaban J connectivity index is 1.57. The lowest BCUT2D eigenvalue weighted by molar-refractivity contribution is 0.129. The third kappa shape index (κ3) is 3.59. The summed E-state index contributed by atoms with van der Waals surface area (Å²) in [5.41, 5.74) is 5.63. The summed E-state index contributed by atoms with van der Waals surface area (Å²) in [6.07, 6.45) is 0.957. The van der Waals surface area contributed by atoms with Gasteiger partial charge in [0.2, 0.25) is 0 Å². The maximum atomic E-state index is 12.2. The summed E-state index contributed by atoms with van der Waals surface area (Å²) < 4.78 is 3.24. The van der Waals surface area contributed by atoms with Gasteiger partial charge in [-0.05, 0) is 43.2 Å². The van der Waals surface area contributed by atoms with Gasteiger partial charge in [0, 0.05) is 11.6 Å². The number of imidazole rings is 1. The minimum Gasteiger partial charge on any atom is -0.389 e. The Hall–Kier alpha value is -3.25. The maximum Gasteiger partial charge on any atom is 0.266 e. The number of hydrogen-bond donors (Lipinski definition) is 1. The van der Waals surface area contributed by atoms with E-state index in [0.717, 1.165) is 16.6 Å². The molecule has 0 saturated heterocycles. The van der Waals surface area contributed by atoms with E-state index in [0.29, 0.717) is 12.2 Å². The Bertz CT molecular complexity index is 1180. The molecule has 0 fully saturated rings. The van der Waals surface area contributed by atoms with Crippen LogP contribution in [0, 0.1) is 13.8 Å². The number of aliphatic hydroxyl groups is 1. The molecule has 6 nitrogen and oxygen atoms in total. The highest BCUT2D eigenvalue weighted by Crippen LogP contribution is 2.19. The van der Waals surface area contributed by atoms with Crippen LogP contribution in [0.4, 0.5) is 0 Å². The molecule has 2 heterocycles. The van der Waals surface area contributed by atoms with Crippen LogP contribution >= 0.6 is 0 Å². The Morgan fingerprint density at radius 3 is 2.54 bits per heavy atom. The van der Waals surface area contributed by atoms with Gasteiger partial charge in [0.1, 0.15) is 0 Å². The molecule has 1 N–H and O–H groups in total. The molecule has 4 rings (SSSR count). The van der Waals surface area contributed by atoms with Crippen molar-refractivity contribution in [2.45, 2.75) is 33.0 Å². The third-order valence-electron chi connectivity index (χ3n) is 4.96. The van der Waals surface area contributed by atoms with Crippen molar-refractivity contribution >= 4 is 11.0 Å². The minimum absolute atomic E-state index is 0.115. The largest absolute Gasteiger partial charge is 0.389 e. The number of aliphatic hydroxyl groups excluding tert-OH is 1. The Morgan fingerprint density at radius 2 is 1.75 bits per heavy atom. The number of nitrogens with zero attached hydrogens (tertiary/aromatic N) is 4. The van der Waals surface area contributed by atoms with Crippen LogP contribution in [0.25, 0.3) is 22.3 Å². The molecule has 0 unspecified atom stereocenters. The molecular weight excluding hydrogens is 352 g/mol. The first-order chi connectivity index (χ1) is 13.5. The van der Waals surface area contributed by atoms with Crippen LogP contribution in [0.5, 0.6) is 0 Å². The number of fused-ring (bicyclic) bond motifs is 1. The maximum absolute atomic E-state index is 12.2. The van der Waals surface area contributed by atoms with E-state index in [1.165, 1.54) is 21.9 Å². The van der Waals surface area contributed by atoms with E-state index in [4.69, 9.17) is 0 Å². The SMILES string of the molecule is Cc1cc2ncn(C[C@@H](O)Cn3nc(-c4ccccc4)ccc3=O)c2cc1C. The zero-order chi connectivity index (χ0) is 19.7. The second-order valence-corrected chi connectivity index (χ2v) is 7.08. The van der Waals surface area contributed by atoms with Gasteiger partial charge >= 0.3 is 0 Å². The highest BCUT2D eigenvalue weighted by molar-refractivity contribution is 5.77. The first kappa shape index (κ1) is 18.1. The molecule has 0 saturated carbocycles. The molecule has 0 bridgehead atoms. The van der Waals surface area contributed by atoms with Crippen molar-refractivity contribution in [1.82, 2.24) is 19.3 Å². The number of aryl methyl sites for hydroxylation is 2. The van der Waals surface area contributed by atoms with Crippen LogP contribution in [-0.2, 0) is 13.1 Å². The van der Waals surface area contributed by atoms with Crippen molar-refractivity contribution in [3.63, 3.8) is 0 Å². The van der Waals surface area contributed by atoms with Crippen molar-refractivity contribution < 1.29 is 5.11 Å². The van der Waals surface area contributed by atoms with E-state index in [-0.39, 0.29) is 12.1 Å². The molecule has 28 heavy (non-hydrogen) atoms. The summed E-state index contributed by atoms with van der Waals surface area (Å²) in [5.74, 6) is 0. The summed E-state index contributed by atoms with van der Waals surface area (Å²) in [6, 6.07) is 17.0. The fourth-order valence-electron chi connectivity index (χ4n) is 3.29. The van der Waals surface area contributed by atoms with Crippen LogP contribution in [0.3, 0.4) is 0 Å². The minimum atomic E-state index is -0.768. The van der Waals surface area contributed by atoms with Crippen molar-refractivity contribution in [3.05, 3.63) is 82.4 Å². The first-order valence-corrected chi connectivity index (χ1v) is 9.25. The van der Waals surface area contributed by atoms with Gasteiger partial charge in [0.05, 0.1) is 42.2 Å². The van der Waals surface area contributed by atoms with Crippen molar-refractivity contribution in [3.8, 4) is 11.3 Å². The van der Waals surface area contributed by atoms with Crippen LogP contribution in [0.2, 0.25) is 0 Å². The first-order valence-electron chi connectivity index (χ1n) is 9.25. The van der Waals surface area contributed by atoms with E-state index in [9.17, 15) is 9.90 Å². The van der Waals surface area contributed by atoms with Gasteiger partial charge in [-0.2, -0.15) is 5.10 Å². The average molecular weight is 374 g/mol. The lowest BCUT2D eigenvalue weighted by Crippen LogP contribution is -2.30. The van der Waals surface area contributed by atoms with Gasteiger partial charge in [-0.3, -0.25) is 4.79 Å². The predicted octanol–water partition coefficient (Wildman–Crippen LogP) is 2.94. The van der Waals surface area contributed by atoms with Crippen molar-refractivity contribution in [2.75, 3.05) is 0 Å². The summed E-state index contributed by atoms with van der Waals surface area (Å²) in [5, 5.41) is 15.0. The Labute approximate surface area is 162 Å². The summed E-state index contributed by atoms with van der Waals surface area (Å²) >= 11 is 0. The predicted molar refractivity (Wildman–Crippen MR) is 109 cm³/mol. The molecule has 0 spiro atoms. The number of hydrogen-bond acceptors (Lipinski definition) is 4. The van der Waals surface area contributed by atoms with Crippen LogP contribution in [-0.4, -0.2) is 30.5 Å². The van der Waals surface area contributed by atoms with E-state index in [1.807, 2.05) is 41.0 Å². The van der Waals surface area contributed by atoms with Crippen LogP contribution in [0.15, 0.2) is 65.7 Å². The lowest BCUT2D eigenvalue weighted by Gasteiger charge is -2.14. The Morgan fingerprint density at radius 1 is 1.00 bits per heavy atom. The quantitative estimate of drug-likeness (QED) is 0.583. The molecular formula is C22H22N4O2. The van der Waals surface area contributed by atoms with E-state index >= 15 is 0 Å². The summed E-state index contributed by atoms with van der Waals surface area (Å²) in [4.78, 5) is 16.6. The molecule has 2 aromatic carbocycles. The molecule has 142 valence electrons. The topological polar surface area (TPSA) is 72.9 Å². The smallest absolute Gasteiger partial charge is 0.266 e. The fourth-order valence-corrected chi connectivity index (χ4v) is 3.29.